The predicted molar refractivity (Wildman–Crippen MR) is 86.4 cm³/mol. The quantitative estimate of drug-likeness (QED) is 0.873. The minimum atomic E-state index is -0.478. The fraction of sp³-hybridized carbons (Fsp3) is 0.625. The number of carbonyl (C=O) groups excluding carboxylic acids is 1. The van der Waals surface area contributed by atoms with E-state index in [0.29, 0.717) is 18.2 Å². The third-order valence-electron chi connectivity index (χ3n) is 3.78. The van der Waals surface area contributed by atoms with Crippen LogP contribution in [0, 0.1) is 5.92 Å². The van der Waals surface area contributed by atoms with Gasteiger partial charge < -0.3 is 16.0 Å². The predicted octanol–water partition coefficient (Wildman–Crippen LogP) is 2.38. The second-order valence-electron chi connectivity index (χ2n) is 6.17. The number of pyridine rings is 1. The molecule has 1 amide bonds. The third-order valence-corrected chi connectivity index (χ3v) is 3.78. The average Bonchev–Trinajstić information content (AvgIpc) is 2.48. The molecule has 1 fully saturated rings. The van der Waals surface area contributed by atoms with E-state index in [1.165, 1.54) is 19.3 Å². The third kappa shape index (κ3) is 4.70. The molecule has 1 saturated heterocycles. The number of hydrogen-bond donors (Lipinski definition) is 2. The second-order valence-corrected chi connectivity index (χ2v) is 6.17. The highest BCUT2D eigenvalue weighted by Crippen LogP contribution is 2.20. The first kappa shape index (κ1) is 15.8. The van der Waals surface area contributed by atoms with Gasteiger partial charge in [-0.05, 0) is 43.7 Å². The number of anilines is 2. The Labute approximate surface area is 126 Å². The summed E-state index contributed by atoms with van der Waals surface area (Å²) in [4.78, 5) is 18.6. The highest BCUT2D eigenvalue weighted by Gasteiger charge is 2.16. The molecule has 0 aliphatic carbocycles. The van der Waals surface area contributed by atoms with Crippen LogP contribution in [0.3, 0.4) is 0 Å². The maximum atomic E-state index is 11.9. The van der Waals surface area contributed by atoms with E-state index < -0.39 is 6.04 Å². The number of piperidine rings is 1. The summed E-state index contributed by atoms with van der Waals surface area (Å²) < 4.78 is 0. The van der Waals surface area contributed by atoms with Crippen molar-refractivity contribution in [2.24, 2.45) is 11.7 Å². The highest BCUT2D eigenvalue weighted by molar-refractivity contribution is 5.93. The van der Waals surface area contributed by atoms with E-state index in [-0.39, 0.29) is 5.91 Å². The van der Waals surface area contributed by atoms with Crippen molar-refractivity contribution in [3.63, 3.8) is 0 Å². The first-order chi connectivity index (χ1) is 10.1. The minimum Gasteiger partial charge on any atom is -0.370 e. The largest absolute Gasteiger partial charge is 0.370 e. The lowest BCUT2D eigenvalue weighted by Gasteiger charge is -2.28. The van der Waals surface area contributed by atoms with Gasteiger partial charge in [-0.25, -0.2) is 4.98 Å². The minimum absolute atomic E-state index is 0.165. The van der Waals surface area contributed by atoms with Crippen LogP contribution >= 0.6 is 0 Å². The van der Waals surface area contributed by atoms with Crippen LogP contribution in [0.1, 0.15) is 39.5 Å². The fourth-order valence-corrected chi connectivity index (χ4v) is 2.63. The Kier molecular flexibility index (Phi) is 5.56. The molecule has 5 nitrogen and oxygen atoms in total. The normalized spacial score (nSPS) is 16.9. The van der Waals surface area contributed by atoms with Gasteiger partial charge in [-0.2, -0.15) is 0 Å². The monoisotopic (exact) mass is 290 g/mol. The molecule has 5 heteroatoms. The van der Waals surface area contributed by atoms with Crippen LogP contribution in [0.2, 0.25) is 0 Å². The van der Waals surface area contributed by atoms with E-state index in [2.05, 4.69) is 29.0 Å². The number of amides is 1. The standard InChI is InChI=1S/C16H26N4O/c1-12(2)10-14(17)16(21)19-15-7-6-13(11-18-15)20-8-4-3-5-9-20/h6-7,11-12,14H,3-5,8-10,17H2,1-2H3,(H,18,19,21)/t14-/m0/s1. The van der Waals surface area contributed by atoms with Gasteiger partial charge in [-0.15, -0.1) is 0 Å². The highest BCUT2D eigenvalue weighted by atomic mass is 16.2. The Morgan fingerprint density at radius 1 is 1.33 bits per heavy atom. The lowest BCUT2D eigenvalue weighted by Crippen LogP contribution is -2.36. The van der Waals surface area contributed by atoms with E-state index in [9.17, 15) is 4.79 Å². The molecule has 2 rings (SSSR count). The SMILES string of the molecule is CC(C)C[C@H](N)C(=O)Nc1ccc(N2CCCCC2)cn1. The number of carbonyl (C=O) groups is 1. The first-order valence-corrected chi connectivity index (χ1v) is 7.83. The molecule has 1 aliphatic heterocycles. The van der Waals surface area contributed by atoms with Gasteiger partial charge in [0.2, 0.25) is 5.91 Å². The van der Waals surface area contributed by atoms with Crippen LogP contribution in [0.4, 0.5) is 11.5 Å². The number of nitrogens with zero attached hydrogens (tertiary/aromatic N) is 2. The van der Waals surface area contributed by atoms with Crippen molar-refractivity contribution < 1.29 is 4.79 Å². The van der Waals surface area contributed by atoms with E-state index in [1.807, 2.05) is 18.3 Å². The molecule has 0 radical (unpaired) electrons. The summed E-state index contributed by atoms with van der Waals surface area (Å²) in [5.41, 5.74) is 6.99. The molecule has 1 atom stereocenters. The lowest BCUT2D eigenvalue weighted by atomic mass is 10.0. The molecule has 21 heavy (non-hydrogen) atoms. The summed E-state index contributed by atoms with van der Waals surface area (Å²) in [6.45, 7) is 6.29. The summed E-state index contributed by atoms with van der Waals surface area (Å²) >= 11 is 0. The molecule has 1 aromatic heterocycles. The van der Waals surface area contributed by atoms with Gasteiger partial charge in [-0.1, -0.05) is 13.8 Å². The molecule has 0 spiro atoms. The number of hydrogen-bond acceptors (Lipinski definition) is 4. The van der Waals surface area contributed by atoms with Gasteiger partial charge in [-0.3, -0.25) is 4.79 Å². The maximum absolute atomic E-state index is 11.9. The zero-order chi connectivity index (χ0) is 15.2. The Bertz CT molecular complexity index is 452. The van der Waals surface area contributed by atoms with Gasteiger partial charge in [0, 0.05) is 13.1 Å². The lowest BCUT2D eigenvalue weighted by molar-refractivity contribution is -0.117. The van der Waals surface area contributed by atoms with Crippen molar-refractivity contribution in [3.05, 3.63) is 18.3 Å². The number of nitrogens with two attached hydrogens (primary N) is 1. The van der Waals surface area contributed by atoms with Crippen LogP contribution < -0.4 is 16.0 Å². The first-order valence-electron chi connectivity index (χ1n) is 7.83. The van der Waals surface area contributed by atoms with Crippen LogP contribution in [0.25, 0.3) is 0 Å². The summed E-state index contributed by atoms with van der Waals surface area (Å²) in [6, 6.07) is 3.39. The topological polar surface area (TPSA) is 71.2 Å². The number of rotatable bonds is 5. The molecule has 116 valence electrons. The van der Waals surface area contributed by atoms with Gasteiger partial charge in [0.1, 0.15) is 5.82 Å². The van der Waals surface area contributed by atoms with E-state index in [4.69, 9.17) is 5.73 Å². The van der Waals surface area contributed by atoms with Crippen LogP contribution in [0.15, 0.2) is 18.3 Å². The van der Waals surface area contributed by atoms with Gasteiger partial charge >= 0.3 is 0 Å². The Morgan fingerprint density at radius 3 is 2.62 bits per heavy atom. The van der Waals surface area contributed by atoms with Crippen molar-refractivity contribution in [1.29, 1.82) is 0 Å². The molecule has 1 aliphatic rings. The van der Waals surface area contributed by atoms with Crippen molar-refractivity contribution in [2.75, 3.05) is 23.3 Å². The molecule has 0 bridgehead atoms. The van der Waals surface area contributed by atoms with E-state index in [1.54, 1.807) is 0 Å². The van der Waals surface area contributed by atoms with E-state index in [0.717, 1.165) is 18.8 Å². The summed E-state index contributed by atoms with van der Waals surface area (Å²) in [5.74, 6) is 0.807. The Morgan fingerprint density at radius 2 is 2.05 bits per heavy atom. The van der Waals surface area contributed by atoms with Crippen molar-refractivity contribution in [1.82, 2.24) is 4.98 Å². The van der Waals surface area contributed by atoms with Crippen molar-refractivity contribution in [3.8, 4) is 0 Å². The molecule has 0 aromatic carbocycles. The molecular weight excluding hydrogens is 264 g/mol. The Balaban J connectivity index is 1.91. The maximum Gasteiger partial charge on any atom is 0.242 e. The molecule has 1 aromatic rings. The molecule has 0 unspecified atom stereocenters. The summed E-state index contributed by atoms with van der Waals surface area (Å²) in [6.07, 6.45) is 6.30. The van der Waals surface area contributed by atoms with Crippen LogP contribution in [-0.2, 0) is 4.79 Å². The molecule has 3 N–H and O–H groups in total. The van der Waals surface area contributed by atoms with Crippen molar-refractivity contribution in [2.45, 2.75) is 45.6 Å². The molecular formula is C16H26N4O. The van der Waals surface area contributed by atoms with Gasteiger partial charge in [0.05, 0.1) is 17.9 Å². The van der Waals surface area contributed by atoms with Gasteiger partial charge in [0.25, 0.3) is 0 Å². The van der Waals surface area contributed by atoms with E-state index >= 15 is 0 Å². The zero-order valence-corrected chi connectivity index (χ0v) is 13.0. The average molecular weight is 290 g/mol. The number of nitrogens with one attached hydrogen (secondary N) is 1. The van der Waals surface area contributed by atoms with Crippen LogP contribution in [0.5, 0.6) is 0 Å². The molecule has 0 saturated carbocycles. The molecule has 2 heterocycles. The van der Waals surface area contributed by atoms with Crippen molar-refractivity contribution >= 4 is 17.4 Å². The number of aromatic nitrogens is 1. The van der Waals surface area contributed by atoms with Crippen LogP contribution in [-0.4, -0.2) is 30.0 Å². The van der Waals surface area contributed by atoms with Gasteiger partial charge in [0.15, 0.2) is 0 Å². The summed E-state index contributed by atoms with van der Waals surface area (Å²) in [5, 5.41) is 2.78. The zero-order valence-electron chi connectivity index (χ0n) is 13.0. The fourth-order valence-electron chi connectivity index (χ4n) is 2.63. The smallest absolute Gasteiger partial charge is 0.242 e. The summed E-state index contributed by atoms with van der Waals surface area (Å²) in [7, 11) is 0. The Hall–Kier alpha value is -1.62. The second kappa shape index (κ2) is 7.41.